The third kappa shape index (κ3) is 4.12. The predicted molar refractivity (Wildman–Crippen MR) is 83.5 cm³/mol. The third-order valence-corrected chi connectivity index (χ3v) is 3.65. The van der Waals surface area contributed by atoms with Crippen LogP contribution in [0.4, 0.5) is 22.0 Å². The lowest BCUT2D eigenvalue weighted by atomic mass is 9.99. The van der Waals surface area contributed by atoms with Crippen LogP contribution in [0.5, 0.6) is 11.5 Å². The number of carbonyl (C=O) groups is 1. The molecule has 1 unspecified atom stereocenters. The molecule has 0 heterocycles. The van der Waals surface area contributed by atoms with Crippen LogP contribution >= 0.6 is 0 Å². The van der Waals surface area contributed by atoms with Crippen LogP contribution in [-0.2, 0) is 10.9 Å². The molecule has 0 fully saturated rings. The van der Waals surface area contributed by atoms with Gasteiger partial charge in [-0.15, -0.1) is 0 Å². The zero-order valence-electron chi connectivity index (χ0n) is 14.1. The Bertz CT molecular complexity index is 828. The molecule has 2 aromatic rings. The summed E-state index contributed by atoms with van der Waals surface area (Å²) in [4.78, 5) is 11.9. The number of methoxy groups -OCH3 is 1. The van der Waals surface area contributed by atoms with E-state index in [9.17, 15) is 26.7 Å². The summed E-state index contributed by atoms with van der Waals surface area (Å²) in [6, 6.07) is 4.69. The first-order valence-corrected chi connectivity index (χ1v) is 7.46. The first-order chi connectivity index (χ1) is 12.0. The molecule has 3 nitrogen and oxygen atoms in total. The minimum atomic E-state index is -4.86. The summed E-state index contributed by atoms with van der Waals surface area (Å²) in [6.07, 6.45) is -6.84. The minimum Gasteiger partial charge on any atom is -0.465 e. The van der Waals surface area contributed by atoms with Gasteiger partial charge in [-0.3, -0.25) is 0 Å². The van der Waals surface area contributed by atoms with Gasteiger partial charge in [-0.1, -0.05) is 0 Å². The zero-order valence-corrected chi connectivity index (χ0v) is 14.1. The molecule has 0 spiro atoms. The van der Waals surface area contributed by atoms with Gasteiger partial charge in [0, 0.05) is 0 Å². The third-order valence-electron chi connectivity index (χ3n) is 3.65. The van der Waals surface area contributed by atoms with Crippen LogP contribution in [0.3, 0.4) is 0 Å². The number of ether oxygens (including phenoxy) is 2. The van der Waals surface area contributed by atoms with E-state index in [4.69, 9.17) is 4.74 Å². The van der Waals surface area contributed by atoms with Gasteiger partial charge in [0.15, 0.2) is 0 Å². The molecule has 2 aromatic carbocycles. The number of rotatable bonds is 4. The summed E-state index contributed by atoms with van der Waals surface area (Å²) in [5, 5.41) is 0. The van der Waals surface area contributed by atoms with Crippen molar-refractivity contribution in [3.63, 3.8) is 0 Å². The second-order valence-electron chi connectivity index (χ2n) is 5.55. The van der Waals surface area contributed by atoms with Crippen molar-refractivity contribution in [2.45, 2.75) is 26.2 Å². The lowest BCUT2D eigenvalue weighted by molar-refractivity contribution is -0.138. The molecule has 0 saturated heterocycles. The molecule has 8 heteroatoms. The monoisotopic (exact) mass is 374 g/mol. The molecule has 26 heavy (non-hydrogen) atoms. The minimum absolute atomic E-state index is 0.0470. The fourth-order valence-corrected chi connectivity index (χ4v) is 2.37. The van der Waals surface area contributed by atoms with Crippen LogP contribution in [0.2, 0.25) is 0 Å². The largest absolute Gasteiger partial charge is 0.465 e. The molecule has 0 aliphatic carbocycles. The van der Waals surface area contributed by atoms with Crippen molar-refractivity contribution in [1.29, 1.82) is 0 Å². The maximum atomic E-state index is 13.7. The van der Waals surface area contributed by atoms with Crippen LogP contribution in [0, 0.1) is 12.7 Å². The summed E-state index contributed by atoms with van der Waals surface area (Å²) < 4.78 is 76.7. The highest BCUT2D eigenvalue weighted by atomic mass is 19.4. The van der Waals surface area contributed by atoms with E-state index >= 15 is 0 Å². The molecule has 2 rings (SSSR count). The van der Waals surface area contributed by atoms with Gasteiger partial charge >= 0.3 is 12.1 Å². The van der Waals surface area contributed by atoms with Crippen molar-refractivity contribution in [2.24, 2.45) is 0 Å². The Labute approximate surface area is 146 Å². The standard InChI is InChI=1S/C18H15F5O3/c1-9-6-11(20)4-5-15(9)26-16-8-14(18(21,22)23)12(10(2)19)7-13(16)17(24)25-3/h4-8,10H,1-3H3. The molecule has 0 aliphatic rings. The highest BCUT2D eigenvalue weighted by molar-refractivity contribution is 5.93. The smallest absolute Gasteiger partial charge is 0.416 e. The van der Waals surface area contributed by atoms with Gasteiger partial charge in [-0.2, -0.15) is 13.2 Å². The molecule has 0 N–H and O–H groups in total. The number of carbonyl (C=O) groups excluding carboxylic acids is 1. The fourth-order valence-electron chi connectivity index (χ4n) is 2.37. The van der Waals surface area contributed by atoms with Crippen LogP contribution in [0.25, 0.3) is 0 Å². The molecule has 140 valence electrons. The van der Waals surface area contributed by atoms with E-state index in [1.807, 2.05) is 0 Å². The van der Waals surface area contributed by atoms with Crippen LogP contribution in [-0.4, -0.2) is 13.1 Å². The highest BCUT2D eigenvalue weighted by Crippen LogP contribution is 2.41. The summed E-state index contributed by atoms with van der Waals surface area (Å²) in [5.74, 6) is -1.97. The number of halogens is 5. The van der Waals surface area contributed by atoms with Gasteiger partial charge in [-0.25, -0.2) is 13.6 Å². The van der Waals surface area contributed by atoms with Gasteiger partial charge < -0.3 is 9.47 Å². The van der Waals surface area contributed by atoms with Gasteiger partial charge in [0.2, 0.25) is 0 Å². The van der Waals surface area contributed by atoms with E-state index in [-0.39, 0.29) is 11.3 Å². The molecule has 0 saturated carbocycles. The maximum absolute atomic E-state index is 13.7. The number of alkyl halides is 4. The average molecular weight is 374 g/mol. The van der Waals surface area contributed by atoms with E-state index in [2.05, 4.69) is 4.74 Å². The van der Waals surface area contributed by atoms with Crippen LogP contribution in [0.1, 0.15) is 40.1 Å². The topological polar surface area (TPSA) is 35.5 Å². The van der Waals surface area contributed by atoms with Crippen LogP contribution in [0.15, 0.2) is 30.3 Å². The number of benzene rings is 2. The second kappa shape index (κ2) is 7.31. The molecular formula is C18H15F5O3. The summed E-state index contributed by atoms with van der Waals surface area (Å²) in [5.41, 5.74) is -2.04. The van der Waals surface area contributed by atoms with Gasteiger partial charge in [0.05, 0.1) is 12.7 Å². The Morgan fingerprint density at radius 2 is 1.77 bits per heavy atom. The molecule has 0 aliphatic heterocycles. The van der Waals surface area contributed by atoms with E-state index in [1.165, 1.54) is 13.0 Å². The Morgan fingerprint density at radius 3 is 2.27 bits per heavy atom. The normalized spacial score (nSPS) is 12.6. The van der Waals surface area contributed by atoms with E-state index in [0.717, 1.165) is 32.2 Å². The quantitative estimate of drug-likeness (QED) is 0.504. The SMILES string of the molecule is COC(=O)c1cc(C(C)F)c(C(F)(F)F)cc1Oc1ccc(F)cc1C. The van der Waals surface area contributed by atoms with Gasteiger partial charge in [0.1, 0.15) is 29.1 Å². The van der Waals surface area contributed by atoms with E-state index in [1.54, 1.807) is 0 Å². The average Bonchev–Trinajstić information content (AvgIpc) is 2.55. The highest BCUT2D eigenvalue weighted by Gasteiger charge is 2.37. The number of hydrogen-bond acceptors (Lipinski definition) is 3. The Morgan fingerprint density at radius 1 is 1.12 bits per heavy atom. The van der Waals surface area contributed by atoms with Crippen molar-refractivity contribution in [2.75, 3.05) is 7.11 Å². The first kappa shape index (κ1) is 19.7. The number of aryl methyl sites for hydroxylation is 1. The number of esters is 1. The van der Waals surface area contributed by atoms with Crippen molar-refractivity contribution in [3.8, 4) is 11.5 Å². The molecule has 1 atom stereocenters. The van der Waals surface area contributed by atoms with Crippen molar-refractivity contribution >= 4 is 5.97 Å². The lowest BCUT2D eigenvalue weighted by Crippen LogP contribution is -2.13. The maximum Gasteiger partial charge on any atom is 0.416 e. The second-order valence-corrected chi connectivity index (χ2v) is 5.55. The summed E-state index contributed by atoms with van der Waals surface area (Å²) in [6.45, 7) is 2.41. The summed E-state index contributed by atoms with van der Waals surface area (Å²) >= 11 is 0. The van der Waals surface area contributed by atoms with Crippen LogP contribution < -0.4 is 4.74 Å². The molecular weight excluding hydrogens is 359 g/mol. The van der Waals surface area contributed by atoms with Crippen molar-refractivity contribution < 1.29 is 36.2 Å². The first-order valence-electron chi connectivity index (χ1n) is 7.46. The lowest BCUT2D eigenvalue weighted by Gasteiger charge is -2.19. The fraction of sp³-hybridized carbons (Fsp3) is 0.278. The summed E-state index contributed by atoms with van der Waals surface area (Å²) in [7, 11) is 1.03. The Balaban J connectivity index is 2.67. The van der Waals surface area contributed by atoms with Crippen molar-refractivity contribution in [3.05, 3.63) is 58.4 Å². The van der Waals surface area contributed by atoms with E-state index in [0.29, 0.717) is 11.6 Å². The molecule has 0 bridgehead atoms. The van der Waals surface area contributed by atoms with Gasteiger partial charge in [0.25, 0.3) is 0 Å². The van der Waals surface area contributed by atoms with Crippen molar-refractivity contribution in [1.82, 2.24) is 0 Å². The molecule has 0 radical (unpaired) electrons. The van der Waals surface area contributed by atoms with E-state index < -0.39 is 41.0 Å². The van der Waals surface area contributed by atoms with Gasteiger partial charge in [-0.05, 0) is 55.3 Å². The predicted octanol–water partition coefficient (Wildman–Crippen LogP) is 5.76. The Kier molecular flexibility index (Phi) is 5.53. The molecule has 0 aromatic heterocycles. The molecule has 0 amide bonds. The zero-order chi connectivity index (χ0) is 19.6. The Hall–Kier alpha value is -2.64. The number of hydrogen-bond donors (Lipinski definition) is 0.